The molecule has 0 bridgehead atoms. The highest BCUT2D eigenvalue weighted by atomic mass is 16.3. The van der Waals surface area contributed by atoms with Crippen molar-refractivity contribution in [1.82, 2.24) is 0 Å². The van der Waals surface area contributed by atoms with Crippen molar-refractivity contribution in [2.24, 2.45) is 11.8 Å². The number of aliphatic hydroxyl groups is 1. The van der Waals surface area contributed by atoms with E-state index >= 15 is 0 Å². The summed E-state index contributed by atoms with van der Waals surface area (Å²) in [5.41, 5.74) is 0. The molecule has 0 spiro atoms. The average molecular weight is 186 g/mol. The second kappa shape index (κ2) is 4.87. The number of carbonyl (C=O) groups excluding carboxylic acids is 3. The first-order valence-electron chi connectivity index (χ1n) is 4.04. The molecular formula is C9H14O4. The quantitative estimate of drug-likeness (QED) is 0.612. The third kappa shape index (κ3) is 3.06. The smallest absolute Gasteiger partial charge is 0.141 e. The van der Waals surface area contributed by atoms with Crippen molar-refractivity contribution < 1.29 is 19.5 Å². The van der Waals surface area contributed by atoms with E-state index in [0.717, 1.165) is 0 Å². The van der Waals surface area contributed by atoms with Gasteiger partial charge in [-0.05, 0) is 20.8 Å². The van der Waals surface area contributed by atoms with Gasteiger partial charge in [0, 0.05) is 0 Å². The lowest BCUT2D eigenvalue weighted by atomic mass is 9.84. The molecule has 0 aromatic carbocycles. The van der Waals surface area contributed by atoms with E-state index in [-0.39, 0.29) is 17.3 Å². The Labute approximate surface area is 76.9 Å². The van der Waals surface area contributed by atoms with Crippen molar-refractivity contribution in [3.63, 3.8) is 0 Å². The fourth-order valence-corrected chi connectivity index (χ4v) is 1.32. The number of carbonyl (C=O) groups is 3. The van der Waals surface area contributed by atoms with Crippen LogP contribution in [0.15, 0.2) is 0 Å². The second-order valence-electron chi connectivity index (χ2n) is 3.10. The van der Waals surface area contributed by atoms with Crippen LogP contribution in [0.5, 0.6) is 0 Å². The molecule has 0 aliphatic rings. The normalized spacial score (nSPS) is 12.7. The summed E-state index contributed by atoms with van der Waals surface area (Å²) in [5.74, 6) is -2.95. The van der Waals surface area contributed by atoms with E-state index in [9.17, 15) is 14.4 Å². The molecule has 0 fully saturated rings. The number of aliphatic hydroxyl groups excluding tert-OH is 1. The van der Waals surface area contributed by atoms with Gasteiger partial charge in [0.25, 0.3) is 0 Å². The Kier molecular flexibility index (Phi) is 4.48. The van der Waals surface area contributed by atoms with Crippen LogP contribution in [0.3, 0.4) is 0 Å². The Morgan fingerprint density at radius 2 is 1.38 bits per heavy atom. The Balaban J connectivity index is 4.80. The zero-order valence-electron chi connectivity index (χ0n) is 8.03. The molecule has 13 heavy (non-hydrogen) atoms. The molecule has 0 amide bonds. The highest BCUT2D eigenvalue weighted by molar-refractivity contribution is 6.04. The first kappa shape index (κ1) is 12.0. The molecule has 1 N–H and O–H groups in total. The van der Waals surface area contributed by atoms with Gasteiger partial charge in [-0.15, -0.1) is 0 Å². The molecule has 0 heterocycles. The lowest BCUT2D eigenvalue weighted by molar-refractivity contribution is -0.139. The zero-order chi connectivity index (χ0) is 10.6. The summed E-state index contributed by atoms with van der Waals surface area (Å²) in [5, 5.41) is 8.84. The predicted molar refractivity (Wildman–Crippen MR) is 46.1 cm³/mol. The van der Waals surface area contributed by atoms with Crippen LogP contribution in [0.2, 0.25) is 0 Å². The zero-order valence-corrected chi connectivity index (χ0v) is 8.03. The summed E-state index contributed by atoms with van der Waals surface area (Å²) in [6, 6.07) is 0. The molecule has 0 saturated carbocycles. The minimum absolute atomic E-state index is 0.335. The number of Topliss-reactive ketones (excluding diaryl/α,β-unsaturated/α-hetero) is 3. The molecule has 0 aromatic rings. The summed E-state index contributed by atoms with van der Waals surface area (Å²) in [6.45, 7) is 3.30. The predicted octanol–water partition coefficient (Wildman–Crippen LogP) is -0.0219. The maximum Gasteiger partial charge on any atom is 0.141 e. The summed E-state index contributed by atoms with van der Waals surface area (Å²) < 4.78 is 0. The van der Waals surface area contributed by atoms with Crippen LogP contribution < -0.4 is 0 Å². The van der Waals surface area contributed by atoms with E-state index in [2.05, 4.69) is 0 Å². The molecule has 0 saturated heterocycles. The molecule has 4 heteroatoms. The largest absolute Gasteiger partial charge is 0.396 e. The van der Waals surface area contributed by atoms with Gasteiger partial charge >= 0.3 is 0 Å². The Bertz CT molecular complexity index is 218. The molecule has 4 nitrogen and oxygen atoms in total. The number of hydrogen-bond donors (Lipinski definition) is 1. The van der Waals surface area contributed by atoms with Crippen molar-refractivity contribution in [3.8, 4) is 0 Å². The van der Waals surface area contributed by atoms with Crippen molar-refractivity contribution in [2.45, 2.75) is 20.8 Å². The Morgan fingerprint density at radius 1 is 1.00 bits per heavy atom. The van der Waals surface area contributed by atoms with Gasteiger partial charge in [0.1, 0.15) is 17.3 Å². The van der Waals surface area contributed by atoms with Crippen LogP contribution in [-0.2, 0) is 14.4 Å². The van der Waals surface area contributed by atoms with Gasteiger partial charge in [-0.2, -0.15) is 0 Å². The molecule has 1 unspecified atom stereocenters. The molecule has 0 radical (unpaired) electrons. The van der Waals surface area contributed by atoms with Gasteiger partial charge in [0.05, 0.1) is 18.4 Å². The first-order valence-corrected chi connectivity index (χ1v) is 4.04. The SMILES string of the molecule is CC(=O)C(CO)C(C(C)=O)C(C)=O. The van der Waals surface area contributed by atoms with Crippen LogP contribution in [0.25, 0.3) is 0 Å². The van der Waals surface area contributed by atoms with Gasteiger partial charge in [0.2, 0.25) is 0 Å². The van der Waals surface area contributed by atoms with E-state index < -0.39 is 18.4 Å². The topological polar surface area (TPSA) is 71.4 Å². The highest BCUT2D eigenvalue weighted by Crippen LogP contribution is 2.15. The Hall–Kier alpha value is -1.03. The van der Waals surface area contributed by atoms with E-state index in [1.54, 1.807) is 0 Å². The maximum atomic E-state index is 11.0. The summed E-state index contributed by atoms with van der Waals surface area (Å²) in [6.07, 6.45) is 0. The van der Waals surface area contributed by atoms with Gasteiger partial charge in [-0.25, -0.2) is 0 Å². The van der Waals surface area contributed by atoms with Gasteiger partial charge in [0.15, 0.2) is 0 Å². The monoisotopic (exact) mass is 186 g/mol. The van der Waals surface area contributed by atoms with E-state index in [0.29, 0.717) is 0 Å². The van der Waals surface area contributed by atoms with Crippen molar-refractivity contribution in [1.29, 1.82) is 0 Å². The fraction of sp³-hybridized carbons (Fsp3) is 0.667. The van der Waals surface area contributed by atoms with Crippen LogP contribution in [-0.4, -0.2) is 29.1 Å². The van der Waals surface area contributed by atoms with Gasteiger partial charge < -0.3 is 5.11 Å². The number of rotatable bonds is 5. The second-order valence-corrected chi connectivity index (χ2v) is 3.10. The van der Waals surface area contributed by atoms with Gasteiger partial charge in [-0.1, -0.05) is 0 Å². The lowest BCUT2D eigenvalue weighted by Crippen LogP contribution is -2.34. The maximum absolute atomic E-state index is 11.0. The number of ketones is 3. The van der Waals surface area contributed by atoms with Crippen molar-refractivity contribution in [3.05, 3.63) is 0 Å². The molecule has 1 atom stereocenters. The molecule has 0 aliphatic carbocycles. The Morgan fingerprint density at radius 3 is 1.46 bits per heavy atom. The van der Waals surface area contributed by atoms with Crippen LogP contribution in [0, 0.1) is 11.8 Å². The third-order valence-electron chi connectivity index (χ3n) is 2.00. The minimum Gasteiger partial charge on any atom is -0.396 e. The number of hydrogen-bond acceptors (Lipinski definition) is 4. The van der Waals surface area contributed by atoms with E-state index in [4.69, 9.17) is 5.11 Å². The van der Waals surface area contributed by atoms with Crippen molar-refractivity contribution >= 4 is 17.3 Å². The van der Waals surface area contributed by atoms with Crippen LogP contribution >= 0.6 is 0 Å². The summed E-state index contributed by atoms with van der Waals surface area (Å²) in [4.78, 5) is 33.0. The first-order chi connectivity index (χ1) is 5.91. The molecule has 0 aromatic heterocycles. The third-order valence-corrected chi connectivity index (χ3v) is 2.00. The van der Waals surface area contributed by atoms with Crippen LogP contribution in [0.1, 0.15) is 20.8 Å². The van der Waals surface area contributed by atoms with Crippen LogP contribution in [0.4, 0.5) is 0 Å². The lowest BCUT2D eigenvalue weighted by Gasteiger charge is -2.17. The minimum atomic E-state index is -0.984. The molecule has 74 valence electrons. The molecular weight excluding hydrogens is 172 g/mol. The van der Waals surface area contributed by atoms with E-state index in [1.165, 1.54) is 20.8 Å². The standard InChI is InChI=1S/C9H14O4/c1-5(11)8(4-10)9(6(2)12)7(3)13/h8-10H,4H2,1-3H3. The van der Waals surface area contributed by atoms with E-state index in [1.807, 2.05) is 0 Å². The van der Waals surface area contributed by atoms with Gasteiger partial charge in [-0.3, -0.25) is 14.4 Å². The molecule has 0 aliphatic heterocycles. The highest BCUT2D eigenvalue weighted by Gasteiger charge is 2.32. The molecule has 0 rings (SSSR count). The fourth-order valence-electron chi connectivity index (χ4n) is 1.32. The summed E-state index contributed by atoms with van der Waals surface area (Å²) in [7, 11) is 0. The summed E-state index contributed by atoms with van der Waals surface area (Å²) >= 11 is 0. The van der Waals surface area contributed by atoms with Crippen molar-refractivity contribution in [2.75, 3.05) is 6.61 Å². The average Bonchev–Trinajstić information content (AvgIpc) is 1.97.